The molecule has 1 heterocycles. The molecule has 49 valence electrons. The summed E-state index contributed by atoms with van der Waals surface area (Å²) >= 11 is 1.71. The second-order valence-corrected chi connectivity index (χ2v) is 3.16. The zero-order valence-corrected chi connectivity index (χ0v) is 6.32. The van der Waals surface area contributed by atoms with Crippen molar-refractivity contribution in [3.05, 3.63) is 46.3 Å². The van der Waals surface area contributed by atoms with Gasteiger partial charge in [0.15, 0.2) is 0 Å². The minimum absolute atomic E-state index is 1.06. The van der Waals surface area contributed by atoms with Gasteiger partial charge in [-0.15, -0.1) is 0 Å². The molecule has 1 aliphatic carbocycles. The highest BCUT2D eigenvalue weighted by atomic mass is 32.2. The van der Waals surface area contributed by atoms with Gasteiger partial charge >= 0.3 is 0 Å². The van der Waals surface area contributed by atoms with Crippen LogP contribution in [-0.2, 0) is 0 Å². The van der Waals surface area contributed by atoms with Crippen molar-refractivity contribution in [3.63, 3.8) is 0 Å². The number of rotatable bonds is 0. The van der Waals surface area contributed by atoms with E-state index in [0.717, 1.165) is 6.42 Å². The van der Waals surface area contributed by atoms with E-state index >= 15 is 0 Å². The lowest BCUT2D eigenvalue weighted by molar-refractivity contribution is 1.36. The fourth-order valence-corrected chi connectivity index (χ4v) is 1.76. The first-order chi connectivity index (χ1) is 4.97. The normalized spacial score (nSPS) is 21.6. The highest BCUT2D eigenvalue weighted by molar-refractivity contribution is 8.04. The van der Waals surface area contributed by atoms with Gasteiger partial charge in [0.25, 0.3) is 0 Å². The molecule has 0 N–H and O–H groups in total. The van der Waals surface area contributed by atoms with E-state index in [1.165, 1.54) is 10.5 Å². The monoisotopic (exact) mass is 147 g/mol. The van der Waals surface area contributed by atoms with Gasteiger partial charge in [-0.1, -0.05) is 42.1 Å². The third-order valence-electron chi connectivity index (χ3n) is 1.54. The third kappa shape index (κ3) is 0.971. The molecule has 0 bridgehead atoms. The summed E-state index contributed by atoms with van der Waals surface area (Å²) in [5.41, 5.74) is 1.35. The third-order valence-corrected chi connectivity index (χ3v) is 2.47. The lowest BCUT2D eigenvalue weighted by Crippen LogP contribution is -1.73. The van der Waals surface area contributed by atoms with Crippen LogP contribution in [0.15, 0.2) is 40.9 Å². The number of hydrogen-bond acceptors (Lipinski definition) is 1. The Bertz CT molecular complexity index is 230. The molecule has 10 heavy (non-hydrogen) atoms. The van der Waals surface area contributed by atoms with E-state index in [9.17, 15) is 0 Å². The second-order valence-electron chi connectivity index (χ2n) is 2.22. The lowest BCUT2D eigenvalue weighted by atomic mass is 10.2. The molecule has 1 heteroatoms. The Morgan fingerprint density at radius 2 is 2.10 bits per heavy atom. The molecular formula is C9H7S. The van der Waals surface area contributed by atoms with E-state index in [-0.39, 0.29) is 0 Å². The lowest BCUT2D eigenvalue weighted by Gasteiger charge is -1.95. The predicted molar refractivity (Wildman–Crippen MR) is 45.3 cm³/mol. The Balaban J connectivity index is 2.29. The number of thioether (sulfide) groups is 1. The van der Waals surface area contributed by atoms with Crippen LogP contribution in [0.3, 0.4) is 0 Å². The van der Waals surface area contributed by atoms with Gasteiger partial charge in [0.1, 0.15) is 0 Å². The molecule has 0 atom stereocenters. The maximum Gasteiger partial charge on any atom is 0.0219 e. The maximum absolute atomic E-state index is 3.12. The quantitative estimate of drug-likeness (QED) is 0.507. The Morgan fingerprint density at radius 3 is 2.70 bits per heavy atom. The summed E-state index contributed by atoms with van der Waals surface area (Å²) in [5, 5.41) is 3.12. The second kappa shape index (κ2) is 2.51. The summed E-state index contributed by atoms with van der Waals surface area (Å²) in [6.45, 7) is 0. The number of hydrogen-bond donors (Lipinski definition) is 0. The minimum Gasteiger partial charge on any atom is -0.0927 e. The number of allylic oxidation sites excluding steroid dienone is 7. The molecule has 2 aliphatic rings. The maximum atomic E-state index is 3.12. The average Bonchev–Trinajstić information content (AvgIpc) is 2.59. The van der Waals surface area contributed by atoms with Gasteiger partial charge in [0.2, 0.25) is 0 Å². The van der Waals surface area contributed by atoms with Gasteiger partial charge in [0, 0.05) is 10.3 Å². The van der Waals surface area contributed by atoms with Crippen LogP contribution < -0.4 is 0 Å². The Kier molecular flexibility index (Phi) is 1.52. The van der Waals surface area contributed by atoms with Gasteiger partial charge in [-0.05, 0) is 12.0 Å². The van der Waals surface area contributed by atoms with Gasteiger partial charge in [0.05, 0.1) is 0 Å². The van der Waals surface area contributed by atoms with Crippen molar-refractivity contribution in [2.75, 3.05) is 0 Å². The fourth-order valence-electron chi connectivity index (χ4n) is 1.03. The Labute approximate surface area is 65.0 Å². The van der Waals surface area contributed by atoms with Crippen molar-refractivity contribution in [1.82, 2.24) is 0 Å². The smallest absolute Gasteiger partial charge is 0.0219 e. The van der Waals surface area contributed by atoms with Crippen molar-refractivity contribution in [2.24, 2.45) is 0 Å². The molecule has 1 radical (unpaired) electrons. The van der Waals surface area contributed by atoms with Crippen LogP contribution in [0.1, 0.15) is 6.42 Å². The fraction of sp³-hybridized carbons (Fsp3) is 0.111. The van der Waals surface area contributed by atoms with Gasteiger partial charge < -0.3 is 0 Å². The first kappa shape index (κ1) is 6.05. The molecule has 2 rings (SSSR count). The van der Waals surface area contributed by atoms with Crippen molar-refractivity contribution >= 4 is 11.8 Å². The van der Waals surface area contributed by atoms with Gasteiger partial charge in [-0.3, -0.25) is 0 Å². The molecule has 0 unspecified atom stereocenters. The summed E-state index contributed by atoms with van der Waals surface area (Å²) in [7, 11) is 0. The van der Waals surface area contributed by atoms with E-state index < -0.39 is 0 Å². The molecule has 0 fully saturated rings. The summed E-state index contributed by atoms with van der Waals surface area (Å²) in [4.78, 5) is 1.42. The van der Waals surface area contributed by atoms with Crippen LogP contribution in [0, 0.1) is 5.41 Å². The van der Waals surface area contributed by atoms with E-state index in [1.807, 2.05) is 0 Å². The van der Waals surface area contributed by atoms with E-state index in [1.54, 1.807) is 11.8 Å². The van der Waals surface area contributed by atoms with E-state index in [4.69, 9.17) is 0 Å². The Hall–Kier alpha value is -0.690. The van der Waals surface area contributed by atoms with Crippen LogP contribution in [0.2, 0.25) is 0 Å². The topological polar surface area (TPSA) is 0 Å². The van der Waals surface area contributed by atoms with Crippen LogP contribution in [0.25, 0.3) is 0 Å². The van der Waals surface area contributed by atoms with Crippen LogP contribution in [0.4, 0.5) is 0 Å². The van der Waals surface area contributed by atoms with Gasteiger partial charge in [-0.2, -0.15) is 0 Å². The van der Waals surface area contributed by atoms with Crippen molar-refractivity contribution < 1.29 is 0 Å². The zero-order chi connectivity index (χ0) is 6.81. The predicted octanol–water partition coefficient (Wildman–Crippen LogP) is 2.82. The van der Waals surface area contributed by atoms with Crippen LogP contribution in [0.5, 0.6) is 0 Å². The summed E-state index contributed by atoms with van der Waals surface area (Å²) in [6.07, 6.45) is 11.6. The average molecular weight is 147 g/mol. The molecule has 0 saturated heterocycles. The van der Waals surface area contributed by atoms with E-state index in [0.29, 0.717) is 0 Å². The molecule has 0 aromatic rings. The molecule has 0 aromatic heterocycles. The summed E-state index contributed by atoms with van der Waals surface area (Å²) in [6, 6.07) is 0. The van der Waals surface area contributed by atoms with Crippen LogP contribution in [-0.4, -0.2) is 0 Å². The first-order valence-electron chi connectivity index (χ1n) is 3.29. The van der Waals surface area contributed by atoms with E-state index in [2.05, 4.69) is 35.8 Å². The first-order valence-corrected chi connectivity index (χ1v) is 4.10. The van der Waals surface area contributed by atoms with Crippen molar-refractivity contribution in [2.45, 2.75) is 6.42 Å². The van der Waals surface area contributed by atoms with Crippen molar-refractivity contribution in [1.29, 1.82) is 0 Å². The zero-order valence-electron chi connectivity index (χ0n) is 5.50. The molecule has 0 saturated carbocycles. The highest BCUT2D eigenvalue weighted by Gasteiger charge is 2.06. The van der Waals surface area contributed by atoms with Gasteiger partial charge in [-0.25, -0.2) is 0 Å². The molecule has 0 amide bonds. The SMILES string of the molecule is [C]1=CCC(=C2C=CC=C2)S1. The molecule has 0 aromatic carbocycles. The standard InChI is InChI=1S/C9H7S/c1-2-5-8(4-1)9-6-3-7-10-9/h1-5H,6H2. The minimum atomic E-state index is 1.06. The molecule has 0 spiro atoms. The Morgan fingerprint density at radius 1 is 1.30 bits per heavy atom. The highest BCUT2D eigenvalue weighted by Crippen LogP contribution is 2.32. The molecular weight excluding hydrogens is 140 g/mol. The summed E-state index contributed by atoms with van der Waals surface area (Å²) < 4.78 is 0. The van der Waals surface area contributed by atoms with Crippen LogP contribution >= 0.6 is 11.8 Å². The molecule has 1 aliphatic heterocycles. The van der Waals surface area contributed by atoms with Crippen molar-refractivity contribution in [3.8, 4) is 0 Å². The summed E-state index contributed by atoms with van der Waals surface area (Å²) in [5.74, 6) is 0. The molecule has 0 nitrogen and oxygen atoms in total. The largest absolute Gasteiger partial charge is 0.0927 e.